The van der Waals surface area contributed by atoms with Gasteiger partial charge in [-0.05, 0) is 44.1 Å². The van der Waals surface area contributed by atoms with Crippen LogP contribution in [-0.4, -0.2) is 36.1 Å². The van der Waals surface area contributed by atoms with Crippen LogP contribution in [0.15, 0.2) is 30.0 Å². The van der Waals surface area contributed by atoms with Gasteiger partial charge in [0.15, 0.2) is 5.13 Å². The largest absolute Gasteiger partial charge is 0.360 e. The summed E-state index contributed by atoms with van der Waals surface area (Å²) in [6.07, 6.45) is 11.6. The lowest BCUT2D eigenvalue weighted by Crippen LogP contribution is -2.33. The zero-order chi connectivity index (χ0) is 17.2. The van der Waals surface area contributed by atoms with Crippen molar-refractivity contribution in [3.8, 4) is 12.3 Å². The maximum atomic E-state index is 5.58. The van der Waals surface area contributed by atoms with Crippen LogP contribution in [0.25, 0.3) is 16.3 Å². The third-order valence-corrected chi connectivity index (χ3v) is 5.79. The van der Waals surface area contributed by atoms with Crippen LogP contribution in [-0.2, 0) is 0 Å². The minimum atomic E-state index is 0.768. The molecule has 2 aliphatic rings. The Morgan fingerprint density at radius 1 is 1.32 bits per heavy atom. The number of allylic oxidation sites excluding steroid dienone is 1. The number of rotatable bonds is 4. The first-order valence-corrected chi connectivity index (χ1v) is 9.60. The molecule has 0 saturated carbocycles. The van der Waals surface area contributed by atoms with Gasteiger partial charge in [-0.2, -0.15) is 0 Å². The van der Waals surface area contributed by atoms with Crippen LogP contribution in [0.2, 0.25) is 0 Å². The van der Waals surface area contributed by atoms with Gasteiger partial charge in [0, 0.05) is 35.6 Å². The summed E-state index contributed by atoms with van der Waals surface area (Å²) in [7, 11) is 0. The van der Waals surface area contributed by atoms with Crippen LogP contribution in [0, 0.1) is 12.3 Å². The summed E-state index contributed by atoms with van der Waals surface area (Å²) in [6, 6.07) is 4.18. The molecule has 0 spiro atoms. The summed E-state index contributed by atoms with van der Waals surface area (Å²) < 4.78 is 1.17. The molecule has 4 rings (SSSR count). The highest BCUT2D eigenvalue weighted by Crippen LogP contribution is 2.37. The van der Waals surface area contributed by atoms with E-state index in [4.69, 9.17) is 11.4 Å². The van der Waals surface area contributed by atoms with E-state index in [1.807, 2.05) is 6.08 Å². The van der Waals surface area contributed by atoms with Gasteiger partial charge in [0.2, 0.25) is 0 Å². The number of likely N-dealkylation sites (tertiary alicyclic amines) is 1. The first-order chi connectivity index (χ1) is 12.2. The Balaban J connectivity index is 1.52. The zero-order valence-corrected chi connectivity index (χ0v) is 15.1. The van der Waals surface area contributed by atoms with Crippen LogP contribution < -0.4 is 10.6 Å². The van der Waals surface area contributed by atoms with Crippen LogP contribution in [0.5, 0.6) is 0 Å². The van der Waals surface area contributed by atoms with Crippen molar-refractivity contribution in [2.24, 2.45) is 0 Å². The molecular formula is C20H22N4S. The molecule has 1 saturated heterocycles. The lowest BCUT2D eigenvalue weighted by Gasteiger charge is -2.26. The van der Waals surface area contributed by atoms with Gasteiger partial charge < -0.3 is 15.5 Å². The van der Waals surface area contributed by atoms with E-state index in [-0.39, 0.29) is 0 Å². The number of benzene rings is 1. The van der Waals surface area contributed by atoms with E-state index in [0.29, 0.717) is 0 Å². The minimum Gasteiger partial charge on any atom is -0.360 e. The first kappa shape index (κ1) is 16.2. The van der Waals surface area contributed by atoms with Crippen LogP contribution >= 0.6 is 11.3 Å². The molecule has 0 aliphatic carbocycles. The molecule has 1 aromatic carbocycles. The standard InChI is InChI=1S/C20H22N4S/c1-3-15-13-16-17(22-14(15)2)7-8-18-19(16)23-20(25-18)21-9-12-24-10-5-4-6-11-24/h1,7-8,13,22H,2,4-6,9-12H2,(H,21,23). The van der Waals surface area contributed by atoms with Gasteiger partial charge in [0.1, 0.15) is 0 Å². The zero-order valence-electron chi connectivity index (χ0n) is 14.3. The first-order valence-electron chi connectivity index (χ1n) is 8.79. The molecule has 2 aromatic rings. The Bertz CT molecular complexity index is 881. The molecule has 0 bridgehead atoms. The van der Waals surface area contributed by atoms with E-state index < -0.39 is 0 Å². The predicted octanol–water partition coefficient (Wildman–Crippen LogP) is 4.15. The molecule has 3 heterocycles. The normalized spacial score (nSPS) is 17.6. The molecule has 4 nitrogen and oxygen atoms in total. The van der Waals surface area contributed by atoms with Gasteiger partial charge in [-0.15, -0.1) is 6.42 Å². The van der Waals surface area contributed by atoms with Crippen LogP contribution in [0.3, 0.4) is 0 Å². The predicted molar refractivity (Wildman–Crippen MR) is 108 cm³/mol. The van der Waals surface area contributed by atoms with Gasteiger partial charge in [-0.3, -0.25) is 0 Å². The van der Waals surface area contributed by atoms with Crippen molar-refractivity contribution in [3.05, 3.63) is 35.5 Å². The summed E-state index contributed by atoms with van der Waals surface area (Å²) in [5, 5.41) is 7.74. The number of hydrogen-bond donors (Lipinski definition) is 2. The van der Waals surface area contributed by atoms with Gasteiger partial charge in [-0.25, -0.2) is 4.98 Å². The maximum absolute atomic E-state index is 5.58. The van der Waals surface area contributed by atoms with Gasteiger partial charge in [0.25, 0.3) is 0 Å². The molecule has 2 N–H and O–H groups in total. The number of anilines is 2. The quantitative estimate of drug-likeness (QED) is 0.813. The van der Waals surface area contributed by atoms with E-state index in [9.17, 15) is 0 Å². The fraction of sp³-hybridized carbons (Fsp3) is 0.350. The minimum absolute atomic E-state index is 0.768. The van der Waals surface area contributed by atoms with Crippen molar-refractivity contribution in [2.45, 2.75) is 19.3 Å². The van der Waals surface area contributed by atoms with E-state index in [1.165, 1.54) is 37.1 Å². The van der Waals surface area contributed by atoms with Crippen molar-refractivity contribution >= 4 is 38.4 Å². The number of aromatic nitrogens is 1. The molecule has 5 heteroatoms. The average molecular weight is 350 g/mol. The van der Waals surface area contributed by atoms with Gasteiger partial charge in [0.05, 0.1) is 10.2 Å². The molecule has 1 fully saturated rings. The summed E-state index contributed by atoms with van der Waals surface area (Å²) in [5.74, 6) is 2.69. The lowest BCUT2D eigenvalue weighted by molar-refractivity contribution is 0.237. The number of thiazole rings is 1. The second kappa shape index (κ2) is 6.91. The highest BCUT2D eigenvalue weighted by atomic mass is 32.1. The number of fused-ring (bicyclic) bond motifs is 3. The Kier molecular flexibility index (Phi) is 4.48. The number of hydrogen-bond acceptors (Lipinski definition) is 5. The fourth-order valence-electron chi connectivity index (χ4n) is 3.44. The van der Waals surface area contributed by atoms with Crippen LogP contribution in [0.4, 0.5) is 10.8 Å². The number of nitrogens with zero attached hydrogens (tertiary/aromatic N) is 2. The smallest absolute Gasteiger partial charge is 0.183 e. The SMILES string of the molecule is C#CC1=Cc2c(ccc3sc(NCCN4CCCCC4)nc23)NC1=C. The van der Waals surface area contributed by atoms with E-state index >= 15 is 0 Å². The summed E-state index contributed by atoms with van der Waals surface area (Å²) >= 11 is 1.69. The van der Waals surface area contributed by atoms with Crippen molar-refractivity contribution in [3.63, 3.8) is 0 Å². The molecule has 0 radical (unpaired) electrons. The second-order valence-electron chi connectivity index (χ2n) is 6.53. The van der Waals surface area contributed by atoms with E-state index in [0.717, 1.165) is 46.3 Å². The number of piperidine rings is 1. The molecule has 25 heavy (non-hydrogen) atoms. The third-order valence-electron chi connectivity index (χ3n) is 4.81. The van der Waals surface area contributed by atoms with Crippen molar-refractivity contribution < 1.29 is 0 Å². The summed E-state index contributed by atoms with van der Waals surface area (Å²) in [5.41, 5.74) is 4.62. The maximum Gasteiger partial charge on any atom is 0.183 e. The third kappa shape index (κ3) is 3.28. The number of nitrogens with one attached hydrogen (secondary N) is 2. The second-order valence-corrected chi connectivity index (χ2v) is 7.56. The Labute approximate surface area is 152 Å². The Hall–Kier alpha value is -2.29. The molecule has 0 atom stereocenters. The summed E-state index contributed by atoms with van der Waals surface area (Å²) in [4.78, 5) is 7.34. The molecule has 1 aromatic heterocycles. The van der Waals surface area contributed by atoms with E-state index in [1.54, 1.807) is 11.3 Å². The molecule has 0 unspecified atom stereocenters. The monoisotopic (exact) mass is 350 g/mol. The Morgan fingerprint density at radius 2 is 2.16 bits per heavy atom. The fourth-order valence-corrected chi connectivity index (χ4v) is 4.35. The van der Waals surface area contributed by atoms with Gasteiger partial charge >= 0.3 is 0 Å². The Morgan fingerprint density at radius 3 is 2.96 bits per heavy atom. The molecule has 128 valence electrons. The molecule has 0 amide bonds. The van der Waals surface area contributed by atoms with Crippen LogP contribution in [0.1, 0.15) is 24.8 Å². The van der Waals surface area contributed by atoms with Crippen molar-refractivity contribution in [1.82, 2.24) is 9.88 Å². The lowest BCUT2D eigenvalue weighted by atomic mass is 10.0. The highest BCUT2D eigenvalue weighted by molar-refractivity contribution is 7.22. The van der Waals surface area contributed by atoms with Crippen molar-refractivity contribution in [1.29, 1.82) is 0 Å². The highest BCUT2D eigenvalue weighted by Gasteiger charge is 2.17. The molecule has 2 aliphatic heterocycles. The number of terminal acetylenes is 1. The average Bonchev–Trinajstić information content (AvgIpc) is 3.05. The van der Waals surface area contributed by atoms with Crippen molar-refractivity contribution in [2.75, 3.05) is 36.8 Å². The van der Waals surface area contributed by atoms with Gasteiger partial charge in [-0.1, -0.05) is 30.3 Å². The summed E-state index contributed by atoms with van der Waals surface area (Å²) in [6.45, 7) is 8.44. The molecular weight excluding hydrogens is 328 g/mol. The topological polar surface area (TPSA) is 40.2 Å². The van der Waals surface area contributed by atoms with E-state index in [2.05, 4.69) is 40.2 Å².